The van der Waals surface area contributed by atoms with E-state index in [9.17, 15) is 8.42 Å². The second kappa shape index (κ2) is 7.06. The number of halogens is 1. The Bertz CT molecular complexity index is 699. The molecule has 112 valence electrons. The molecule has 6 heteroatoms. The molecule has 0 aromatic heterocycles. The van der Waals surface area contributed by atoms with Crippen molar-refractivity contribution in [2.24, 2.45) is 0 Å². The van der Waals surface area contributed by atoms with Crippen molar-refractivity contribution in [1.82, 2.24) is 4.72 Å². The highest BCUT2D eigenvalue weighted by atomic mass is 79.9. The monoisotopic (exact) mass is 369 g/mol. The number of rotatable bonds is 6. The number of ether oxygens (including phenoxy) is 1. The van der Waals surface area contributed by atoms with Crippen LogP contribution in [0.1, 0.15) is 5.56 Å². The molecule has 0 saturated carbocycles. The van der Waals surface area contributed by atoms with Crippen LogP contribution >= 0.6 is 15.9 Å². The Morgan fingerprint density at radius 2 is 1.86 bits per heavy atom. The summed E-state index contributed by atoms with van der Waals surface area (Å²) in [5.41, 5.74) is 1.10. The predicted octanol–water partition coefficient (Wildman–Crippen LogP) is 3.11. The number of benzene rings is 2. The average molecular weight is 370 g/mol. The van der Waals surface area contributed by atoms with Crippen LogP contribution in [-0.2, 0) is 10.0 Å². The molecular formula is C15H16BrNO3S. The Morgan fingerprint density at radius 1 is 1.14 bits per heavy atom. The summed E-state index contributed by atoms with van der Waals surface area (Å²) in [6.07, 6.45) is 0. The van der Waals surface area contributed by atoms with E-state index in [1.165, 1.54) is 0 Å². The minimum absolute atomic E-state index is 0.215. The highest BCUT2D eigenvalue weighted by Crippen LogP contribution is 2.14. The molecule has 1 N–H and O–H groups in total. The zero-order chi connectivity index (χ0) is 15.3. The normalized spacial score (nSPS) is 11.3. The summed E-state index contributed by atoms with van der Waals surface area (Å²) >= 11 is 3.27. The largest absolute Gasteiger partial charge is 0.492 e. The summed E-state index contributed by atoms with van der Waals surface area (Å²) in [6.45, 7) is 2.47. The quantitative estimate of drug-likeness (QED) is 0.795. The maximum atomic E-state index is 12.0. The Kier molecular flexibility index (Phi) is 5.39. The Hall–Kier alpha value is -1.37. The fraction of sp³-hybridized carbons (Fsp3) is 0.200. The van der Waals surface area contributed by atoms with Crippen LogP contribution in [0.4, 0.5) is 0 Å². The van der Waals surface area contributed by atoms with E-state index in [0.29, 0.717) is 0 Å². The highest BCUT2D eigenvalue weighted by molar-refractivity contribution is 9.10. The van der Waals surface area contributed by atoms with E-state index < -0.39 is 10.0 Å². The summed E-state index contributed by atoms with van der Waals surface area (Å²) in [7, 11) is -3.49. The Morgan fingerprint density at radius 3 is 2.52 bits per heavy atom. The number of sulfonamides is 1. The third-order valence-corrected chi connectivity index (χ3v) is 4.78. The van der Waals surface area contributed by atoms with Crippen LogP contribution in [0.3, 0.4) is 0 Å². The van der Waals surface area contributed by atoms with Gasteiger partial charge in [-0.25, -0.2) is 13.1 Å². The van der Waals surface area contributed by atoms with Crippen molar-refractivity contribution in [1.29, 1.82) is 0 Å². The fourth-order valence-electron chi connectivity index (χ4n) is 1.75. The van der Waals surface area contributed by atoms with Gasteiger partial charge >= 0.3 is 0 Å². The van der Waals surface area contributed by atoms with Crippen molar-refractivity contribution in [3.8, 4) is 5.75 Å². The standard InChI is InChI=1S/C15H16BrNO3S/c1-12-3-2-4-14(11-12)20-10-9-17-21(18,19)15-7-5-13(16)6-8-15/h2-8,11,17H,9-10H2,1H3. The third-order valence-electron chi connectivity index (χ3n) is 2.78. The van der Waals surface area contributed by atoms with E-state index in [2.05, 4.69) is 20.7 Å². The lowest BCUT2D eigenvalue weighted by molar-refractivity contribution is 0.322. The molecule has 0 aliphatic heterocycles. The maximum absolute atomic E-state index is 12.0. The van der Waals surface area contributed by atoms with E-state index in [0.717, 1.165) is 15.8 Å². The van der Waals surface area contributed by atoms with Crippen LogP contribution in [0.25, 0.3) is 0 Å². The SMILES string of the molecule is Cc1cccc(OCCNS(=O)(=O)c2ccc(Br)cc2)c1. The van der Waals surface area contributed by atoms with Crippen LogP contribution in [0.15, 0.2) is 57.9 Å². The van der Waals surface area contributed by atoms with Gasteiger partial charge in [-0.2, -0.15) is 0 Å². The molecule has 0 spiro atoms. The topological polar surface area (TPSA) is 55.4 Å². The van der Waals surface area contributed by atoms with E-state index in [1.807, 2.05) is 31.2 Å². The van der Waals surface area contributed by atoms with Gasteiger partial charge in [0.25, 0.3) is 0 Å². The molecule has 2 aromatic carbocycles. The summed E-state index contributed by atoms with van der Waals surface area (Å²) < 4.78 is 32.9. The highest BCUT2D eigenvalue weighted by Gasteiger charge is 2.12. The molecule has 4 nitrogen and oxygen atoms in total. The van der Waals surface area contributed by atoms with E-state index in [-0.39, 0.29) is 18.0 Å². The van der Waals surface area contributed by atoms with Crippen LogP contribution in [0.5, 0.6) is 5.75 Å². The summed E-state index contributed by atoms with van der Waals surface area (Å²) in [5.74, 6) is 0.734. The molecule has 0 atom stereocenters. The first-order chi connectivity index (χ1) is 9.97. The van der Waals surface area contributed by atoms with Gasteiger partial charge in [0.05, 0.1) is 4.90 Å². The molecule has 0 bridgehead atoms. The average Bonchev–Trinajstić information content (AvgIpc) is 2.44. The molecule has 0 unspecified atom stereocenters. The minimum atomic E-state index is -3.49. The van der Waals surface area contributed by atoms with Crippen LogP contribution < -0.4 is 9.46 Å². The molecule has 2 aromatic rings. The number of hydrogen-bond donors (Lipinski definition) is 1. The first-order valence-corrected chi connectivity index (χ1v) is 8.70. The molecule has 0 saturated heterocycles. The van der Waals surface area contributed by atoms with E-state index >= 15 is 0 Å². The Labute approximate surface area is 133 Å². The lowest BCUT2D eigenvalue weighted by Crippen LogP contribution is -2.28. The first-order valence-electron chi connectivity index (χ1n) is 6.42. The lowest BCUT2D eigenvalue weighted by Gasteiger charge is -2.09. The van der Waals surface area contributed by atoms with E-state index in [4.69, 9.17) is 4.74 Å². The van der Waals surface area contributed by atoms with Crippen LogP contribution in [0.2, 0.25) is 0 Å². The summed E-state index contributed by atoms with van der Waals surface area (Å²) in [4.78, 5) is 0.237. The van der Waals surface area contributed by atoms with Gasteiger partial charge < -0.3 is 4.74 Å². The second-order valence-electron chi connectivity index (χ2n) is 4.52. The summed E-state index contributed by atoms with van der Waals surface area (Å²) in [5, 5.41) is 0. The Balaban J connectivity index is 1.86. The zero-order valence-electron chi connectivity index (χ0n) is 11.5. The number of nitrogens with one attached hydrogen (secondary N) is 1. The van der Waals surface area contributed by atoms with Gasteiger partial charge in [0.2, 0.25) is 10.0 Å². The van der Waals surface area contributed by atoms with Crippen molar-refractivity contribution < 1.29 is 13.2 Å². The van der Waals surface area contributed by atoms with Crippen molar-refractivity contribution in [2.75, 3.05) is 13.2 Å². The molecule has 2 rings (SSSR count). The fourth-order valence-corrected chi connectivity index (χ4v) is 3.02. The van der Waals surface area contributed by atoms with Gasteiger partial charge in [-0.3, -0.25) is 0 Å². The van der Waals surface area contributed by atoms with Crippen LogP contribution in [-0.4, -0.2) is 21.6 Å². The zero-order valence-corrected chi connectivity index (χ0v) is 13.9. The molecule has 0 amide bonds. The van der Waals surface area contributed by atoms with Crippen molar-refractivity contribution in [2.45, 2.75) is 11.8 Å². The van der Waals surface area contributed by atoms with Gasteiger partial charge in [-0.05, 0) is 48.9 Å². The molecule has 0 heterocycles. The van der Waals surface area contributed by atoms with Gasteiger partial charge in [0.1, 0.15) is 12.4 Å². The number of hydrogen-bond acceptors (Lipinski definition) is 3. The predicted molar refractivity (Wildman–Crippen MR) is 86.0 cm³/mol. The van der Waals surface area contributed by atoms with Gasteiger partial charge in [-0.15, -0.1) is 0 Å². The van der Waals surface area contributed by atoms with E-state index in [1.54, 1.807) is 24.3 Å². The van der Waals surface area contributed by atoms with Gasteiger partial charge in [0.15, 0.2) is 0 Å². The van der Waals surface area contributed by atoms with Crippen LogP contribution in [0, 0.1) is 6.92 Å². The maximum Gasteiger partial charge on any atom is 0.240 e. The molecule has 0 radical (unpaired) electrons. The molecular weight excluding hydrogens is 354 g/mol. The first kappa shape index (κ1) is 16.0. The molecule has 0 fully saturated rings. The third kappa shape index (κ3) is 4.84. The molecule has 0 aliphatic rings. The van der Waals surface area contributed by atoms with Crippen molar-refractivity contribution >= 4 is 26.0 Å². The van der Waals surface area contributed by atoms with Crippen molar-refractivity contribution in [3.05, 3.63) is 58.6 Å². The smallest absolute Gasteiger partial charge is 0.240 e. The van der Waals surface area contributed by atoms with Crippen molar-refractivity contribution in [3.63, 3.8) is 0 Å². The second-order valence-corrected chi connectivity index (χ2v) is 7.20. The number of aryl methyl sites for hydroxylation is 1. The van der Waals surface area contributed by atoms with Gasteiger partial charge in [-0.1, -0.05) is 28.1 Å². The molecule has 21 heavy (non-hydrogen) atoms. The summed E-state index contributed by atoms with van der Waals surface area (Å²) in [6, 6.07) is 14.1. The molecule has 0 aliphatic carbocycles. The lowest BCUT2D eigenvalue weighted by atomic mass is 10.2. The minimum Gasteiger partial charge on any atom is -0.492 e. The van der Waals surface area contributed by atoms with Gasteiger partial charge in [0, 0.05) is 11.0 Å².